The molecule has 1 saturated carbocycles. The Labute approximate surface area is 140 Å². The van der Waals surface area contributed by atoms with E-state index in [1.54, 1.807) is 6.07 Å². The number of carbonyl (C=O) groups is 1. The van der Waals surface area contributed by atoms with Crippen molar-refractivity contribution in [3.63, 3.8) is 0 Å². The summed E-state index contributed by atoms with van der Waals surface area (Å²) < 4.78 is 13.6. The molecule has 2 aromatic carbocycles. The molecule has 2 aliphatic rings. The van der Waals surface area contributed by atoms with Gasteiger partial charge in [0, 0.05) is 11.6 Å². The van der Waals surface area contributed by atoms with Crippen molar-refractivity contribution in [1.82, 2.24) is 0 Å². The SMILES string of the molecule is C[C@@H]1[C@H](c2cccc(F)c2)C[C@H]2C(=O)[C@]1(O)CN2c1ccccc1. The summed E-state index contributed by atoms with van der Waals surface area (Å²) in [5.74, 6) is -0.679. The summed E-state index contributed by atoms with van der Waals surface area (Å²) >= 11 is 0. The largest absolute Gasteiger partial charge is 0.380 e. The quantitative estimate of drug-likeness (QED) is 0.922. The fourth-order valence-corrected chi connectivity index (χ4v) is 4.31. The molecule has 1 aliphatic heterocycles. The van der Waals surface area contributed by atoms with Crippen LogP contribution in [-0.2, 0) is 4.79 Å². The highest BCUT2D eigenvalue weighted by Crippen LogP contribution is 2.48. The average Bonchev–Trinajstić information content (AvgIpc) is 2.77. The van der Waals surface area contributed by atoms with Crippen LogP contribution < -0.4 is 4.90 Å². The summed E-state index contributed by atoms with van der Waals surface area (Å²) in [7, 11) is 0. The smallest absolute Gasteiger partial charge is 0.188 e. The van der Waals surface area contributed by atoms with Gasteiger partial charge in [0.1, 0.15) is 11.4 Å². The van der Waals surface area contributed by atoms with E-state index in [9.17, 15) is 14.3 Å². The third-order valence-corrected chi connectivity index (χ3v) is 5.72. The number of fused-ring (bicyclic) bond motifs is 2. The van der Waals surface area contributed by atoms with Gasteiger partial charge in [-0.3, -0.25) is 4.79 Å². The van der Waals surface area contributed by atoms with E-state index in [1.807, 2.05) is 48.2 Å². The van der Waals surface area contributed by atoms with Gasteiger partial charge in [-0.1, -0.05) is 37.3 Å². The zero-order chi connectivity index (χ0) is 16.9. The van der Waals surface area contributed by atoms with Crippen LogP contribution in [-0.4, -0.2) is 29.1 Å². The minimum absolute atomic E-state index is 0.0397. The molecule has 0 spiro atoms. The Morgan fingerprint density at radius 1 is 1.17 bits per heavy atom. The number of β-amino-alcohol motifs (C(OH)–C–C–N with tert-alkyl or cyclic N) is 1. The van der Waals surface area contributed by atoms with Crippen LogP contribution in [0, 0.1) is 11.7 Å². The summed E-state index contributed by atoms with van der Waals surface area (Å²) in [6, 6.07) is 15.9. The van der Waals surface area contributed by atoms with Gasteiger partial charge in [-0.15, -0.1) is 0 Å². The number of rotatable bonds is 2. The predicted octanol–water partition coefficient (Wildman–Crippen LogP) is 3.14. The topological polar surface area (TPSA) is 40.5 Å². The number of para-hydroxylation sites is 1. The maximum absolute atomic E-state index is 13.6. The Morgan fingerprint density at radius 2 is 1.92 bits per heavy atom. The number of hydrogen-bond acceptors (Lipinski definition) is 3. The minimum Gasteiger partial charge on any atom is -0.380 e. The summed E-state index contributed by atoms with van der Waals surface area (Å²) in [6.45, 7) is 2.20. The molecule has 2 aromatic rings. The molecule has 3 nitrogen and oxygen atoms in total. The minimum atomic E-state index is -1.38. The third-order valence-electron chi connectivity index (χ3n) is 5.72. The zero-order valence-corrected chi connectivity index (χ0v) is 13.5. The first-order valence-electron chi connectivity index (χ1n) is 8.34. The van der Waals surface area contributed by atoms with Crippen molar-refractivity contribution in [2.75, 3.05) is 11.4 Å². The van der Waals surface area contributed by atoms with Gasteiger partial charge in [-0.2, -0.15) is 0 Å². The lowest BCUT2D eigenvalue weighted by molar-refractivity contribution is -0.142. The van der Waals surface area contributed by atoms with Gasteiger partial charge in [0.2, 0.25) is 0 Å². The Balaban J connectivity index is 1.73. The molecule has 124 valence electrons. The molecule has 0 unspecified atom stereocenters. The lowest BCUT2D eigenvalue weighted by atomic mass is 9.67. The Hall–Kier alpha value is -2.20. The van der Waals surface area contributed by atoms with Crippen LogP contribution >= 0.6 is 0 Å². The van der Waals surface area contributed by atoms with Crippen molar-refractivity contribution in [2.24, 2.45) is 5.92 Å². The van der Waals surface area contributed by atoms with E-state index in [0.29, 0.717) is 13.0 Å². The second-order valence-corrected chi connectivity index (χ2v) is 6.95. The van der Waals surface area contributed by atoms with Gasteiger partial charge >= 0.3 is 0 Å². The number of Topliss-reactive ketones (excluding diaryl/α,β-unsaturated/α-hetero) is 1. The van der Waals surface area contributed by atoms with Crippen LogP contribution in [0.25, 0.3) is 0 Å². The van der Waals surface area contributed by atoms with E-state index in [1.165, 1.54) is 12.1 Å². The van der Waals surface area contributed by atoms with Crippen molar-refractivity contribution in [3.8, 4) is 0 Å². The normalized spacial score (nSPS) is 32.2. The number of carbonyl (C=O) groups excluding carboxylic acids is 1. The molecule has 0 amide bonds. The van der Waals surface area contributed by atoms with Gasteiger partial charge in [-0.05, 0) is 42.2 Å². The van der Waals surface area contributed by atoms with Gasteiger partial charge < -0.3 is 10.0 Å². The third kappa shape index (κ3) is 2.17. The molecule has 4 rings (SSSR count). The van der Waals surface area contributed by atoms with Crippen LogP contribution in [0.3, 0.4) is 0 Å². The van der Waals surface area contributed by atoms with Crippen molar-refractivity contribution in [2.45, 2.75) is 30.9 Å². The maximum atomic E-state index is 13.6. The second kappa shape index (κ2) is 5.42. The molecule has 1 saturated heterocycles. The lowest BCUT2D eigenvalue weighted by Crippen LogP contribution is -2.51. The van der Waals surface area contributed by atoms with Gasteiger partial charge in [-0.25, -0.2) is 4.39 Å². The van der Waals surface area contributed by atoms with Crippen molar-refractivity contribution in [1.29, 1.82) is 0 Å². The summed E-state index contributed by atoms with van der Waals surface area (Å²) in [5, 5.41) is 11.1. The van der Waals surface area contributed by atoms with E-state index >= 15 is 0 Å². The number of benzene rings is 2. The first-order valence-corrected chi connectivity index (χ1v) is 8.34. The van der Waals surface area contributed by atoms with Gasteiger partial charge in [0.25, 0.3) is 0 Å². The van der Waals surface area contributed by atoms with Crippen LogP contribution in [0.4, 0.5) is 10.1 Å². The van der Waals surface area contributed by atoms with Crippen LogP contribution in [0.5, 0.6) is 0 Å². The highest BCUT2D eigenvalue weighted by Gasteiger charge is 2.60. The Kier molecular flexibility index (Phi) is 3.46. The van der Waals surface area contributed by atoms with Crippen LogP contribution in [0.1, 0.15) is 24.8 Å². The van der Waals surface area contributed by atoms with E-state index in [2.05, 4.69) is 0 Å². The average molecular weight is 325 g/mol. The molecular weight excluding hydrogens is 305 g/mol. The standard InChI is InChI=1S/C20H20FNO2/c1-13-17(14-6-5-7-15(21)10-14)11-18-19(23)20(13,24)12-22(18)16-8-3-2-4-9-16/h2-10,13,17-18,24H,11-12H2,1H3/t13-,17-,18+,20+/m1/s1. The first kappa shape index (κ1) is 15.3. The summed E-state index contributed by atoms with van der Waals surface area (Å²) in [4.78, 5) is 14.8. The van der Waals surface area contributed by atoms with Gasteiger partial charge in [0.05, 0.1) is 12.6 Å². The number of halogens is 1. The Bertz CT molecular complexity index is 778. The van der Waals surface area contributed by atoms with Gasteiger partial charge in [0.15, 0.2) is 5.78 Å². The predicted molar refractivity (Wildman–Crippen MR) is 90.5 cm³/mol. The molecule has 0 aromatic heterocycles. The number of anilines is 1. The number of nitrogens with zero attached hydrogens (tertiary/aromatic N) is 1. The van der Waals surface area contributed by atoms with Crippen molar-refractivity contribution in [3.05, 3.63) is 66.0 Å². The zero-order valence-electron chi connectivity index (χ0n) is 13.5. The van der Waals surface area contributed by atoms with Crippen LogP contribution in [0.15, 0.2) is 54.6 Å². The van der Waals surface area contributed by atoms with E-state index in [4.69, 9.17) is 0 Å². The van der Waals surface area contributed by atoms with E-state index in [-0.39, 0.29) is 29.5 Å². The summed E-state index contributed by atoms with van der Waals surface area (Å²) in [5.41, 5.74) is 0.419. The molecule has 4 heteroatoms. The van der Waals surface area contributed by atoms with E-state index in [0.717, 1.165) is 11.3 Å². The first-order chi connectivity index (χ1) is 11.5. The number of hydrogen-bond donors (Lipinski definition) is 1. The highest BCUT2D eigenvalue weighted by atomic mass is 19.1. The molecule has 2 fully saturated rings. The molecule has 4 atom stereocenters. The van der Waals surface area contributed by atoms with Crippen molar-refractivity contribution >= 4 is 11.5 Å². The monoisotopic (exact) mass is 325 g/mol. The molecular formula is C20H20FNO2. The second-order valence-electron chi connectivity index (χ2n) is 6.95. The maximum Gasteiger partial charge on any atom is 0.188 e. The highest BCUT2D eigenvalue weighted by molar-refractivity contribution is 5.99. The molecule has 1 heterocycles. The number of aliphatic hydroxyl groups is 1. The Morgan fingerprint density at radius 3 is 2.62 bits per heavy atom. The van der Waals surface area contributed by atoms with Crippen LogP contribution in [0.2, 0.25) is 0 Å². The van der Waals surface area contributed by atoms with E-state index < -0.39 is 5.60 Å². The van der Waals surface area contributed by atoms with Crippen molar-refractivity contribution < 1.29 is 14.3 Å². The molecule has 1 N–H and O–H groups in total. The fourth-order valence-electron chi connectivity index (χ4n) is 4.31. The fraction of sp³-hybridized carbons (Fsp3) is 0.350. The molecule has 1 aliphatic carbocycles. The molecule has 0 radical (unpaired) electrons. The molecule has 2 bridgehead atoms. The lowest BCUT2D eigenvalue weighted by Gasteiger charge is -2.38. The summed E-state index contributed by atoms with van der Waals surface area (Å²) in [6.07, 6.45) is 0.598. The molecule has 24 heavy (non-hydrogen) atoms. The number of ketones is 1.